The Balaban J connectivity index is 2.08. The van der Waals surface area contributed by atoms with Gasteiger partial charge in [-0.15, -0.1) is 0 Å². The molecule has 0 bridgehead atoms. The summed E-state index contributed by atoms with van der Waals surface area (Å²) >= 11 is 0. The molecule has 0 saturated carbocycles. The highest BCUT2D eigenvalue weighted by Crippen LogP contribution is 2.16. The van der Waals surface area contributed by atoms with Gasteiger partial charge in [-0.1, -0.05) is 38.8 Å². The lowest BCUT2D eigenvalue weighted by Crippen LogP contribution is -2.31. The van der Waals surface area contributed by atoms with Gasteiger partial charge in [0.15, 0.2) is 0 Å². The lowest BCUT2D eigenvalue weighted by Gasteiger charge is -2.23. The summed E-state index contributed by atoms with van der Waals surface area (Å²) in [6, 6.07) is 12.3. The molecule has 25 heavy (non-hydrogen) atoms. The number of methoxy groups -OCH3 is 1. The van der Waals surface area contributed by atoms with Gasteiger partial charge in [0, 0.05) is 31.4 Å². The number of benzene rings is 1. The summed E-state index contributed by atoms with van der Waals surface area (Å²) < 4.78 is 7.52. The summed E-state index contributed by atoms with van der Waals surface area (Å²) in [5, 5.41) is 0. The van der Waals surface area contributed by atoms with Crippen molar-refractivity contribution in [1.82, 2.24) is 9.47 Å². The SMILES string of the molecule is CCCCCN(Cc1cccn1Cc1cccc(OC)c1)C(=O)CC. The molecule has 0 N–H and O–H groups in total. The molecule has 1 aromatic carbocycles. The van der Waals surface area contributed by atoms with Crippen LogP contribution in [0.3, 0.4) is 0 Å². The van der Waals surface area contributed by atoms with E-state index >= 15 is 0 Å². The summed E-state index contributed by atoms with van der Waals surface area (Å²) in [6.45, 7) is 6.41. The van der Waals surface area contributed by atoms with Crippen LogP contribution in [0, 0.1) is 0 Å². The van der Waals surface area contributed by atoms with Crippen molar-refractivity contribution in [1.29, 1.82) is 0 Å². The van der Waals surface area contributed by atoms with E-state index in [1.807, 2.05) is 24.0 Å². The fourth-order valence-corrected chi connectivity index (χ4v) is 2.98. The van der Waals surface area contributed by atoms with E-state index in [1.54, 1.807) is 7.11 Å². The normalized spacial score (nSPS) is 10.7. The van der Waals surface area contributed by atoms with Crippen LogP contribution in [0.5, 0.6) is 5.75 Å². The van der Waals surface area contributed by atoms with Crippen molar-refractivity contribution in [2.75, 3.05) is 13.7 Å². The van der Waals surface area contributed by atoms with E-state index in [4.69, 9.17) is 4.74 Å². The molecule has 0 radical (unpaired) electrons. The monoisotopic (exact) mass is 342 g/mol. The first-order valence-electron chi connectivity index (χ1n) is 9.22. The number of amides is 1. The van der Waals surface area contributed by atoms with Crippen molar-refractivity contribution in [2.45, 2.75) is 52.6 Å². The third-order valence-electron chi connectivity index (χ3n) is 4.45. The summed E-state index contributed by atoms with van der Waals surface area (Å²) in [4.78, 5) is 14.3. The lowest BCUT2D eigenvalue weighted by atomic mass is 10.2. The van der Waals surface area contributed by atoms with Crippen LogP contribution in [-0.4, -0.2) is 29.0 Å². The van der Waals surface area contributed by atoms with Crippen LogP contribution in [0.15, 0.2) is 42.6 Å². The van der Waals surface area contributed by atoms with Crippen LogP contribution in [0.25, 0.3) is 0 Å². The molecular formula is C21H30N2O2. The molecule has 0 aliphatic heterocycles. The van der Waals surface area contributed by atoms with E-state index in [0.29, 0.717) is 13.0 Å². The van der Waals surface area contributed by atoms with Gasteiger partial charge in [0.25, 0.3) is 0 Å². The van der Waals surface area contributed by atoms with Gasteiger partial charge in [0.1, 0.15) is 5.75 Å². The summed E-state index contributed by atoms with van der Waals surface area (Å²) in [7, 11) is 1.69. The molecule has 0 aliphatic rings. The molecule has 1 aromatic heterocycles. The highest BCUT2D eigenvalue weighted by atomic mass is 16.5. The number of aromatic nitrogens is 1. The van der Waals surface area contributed by atoms with Crippen molar-refractivity contribution in [2.24, 2.45) is 0 Å². The average molecular weight is 342 g/mol. The first kappa shape index (κ1) is 19.1. The molecule has 2 aromatic rings. The van der Waals surface area contributed by atoms with Crippen LogP contribution >= 0.6 is 0 Å². The van der Waals surface area contributed by atoms with Gasteiger partial charge >= 0.3 is 0 Å². The van der Waals surface area contributed by atoms with E-state index in [0.717, 1.165) is 31.7 Å². The fraction of sp³-hybridized carbons (Fsp3) is 0.476. The van der Waals surface area contributed by atoms with E-state index < -0.39 is 0 Å². The van der Waals surface area contributed by atoms with Gasteiger partial charge < -0.3 is 14.2 Å². The zero-order chi connectivity index (χ0) is 18.1. The summed E-state index contributed by atoms with van der Waals surface area (Å²) in [6.07, 6.45) is 6.04. The lowest BCUT2D eigenvalue weighted by molar-refractivity contribution is -0.131. The molecular weight excluding hydrogens is 312 g/mol. The maximum atomic E-state index is 12.3. The molecule has 1 heterocycles. The highest BCUT2D eigenvalue weighted by molar-refractivity contribution is 5.75. The number of carbonyl (C=O) groups excluding carboxylic acids is 1. The standard InChI is InChI=1S/C21H30N2O2/c1-4-6-7-13-23(21(24)5-2)17-19-11-9-14-22(19)16-18-10-8-12-20(15-18)25-3/h8-12,14-15H,4-7,13,16-17H2,1-3H3. The molecule has 1 amide bonds. The van der Waals surface area contributed by atoms with E-state index in [2.05, 4.69) is 42.0 Å². The second-order valence-electron chi connectivity index (χ2n) is 6.35. The average Bonchev–Trinajstić information content (AvgIpc) is 3.07. The molecule has 4 heteroatoms. The number of hydrogen-bond donors (Lipinski definition) is 0. The van der Waals surface area contributed by atoms with Crippen LogP contribution in [0.4, 0.5) is 0 Å². The Bertz CT molecular complexity index is 663. The number of nitrogens with zero attached hydrogens (tertiary/aromatic N) is 2. The fourth-order valence-electron chi connectivity index (χ4n) is 2.98. The zero-order valence-electron chi connectivity index (χ0n) is 15.7. The van der Waals surface area contributed by atoms with E-state index in [-0.39, 0.29) is 5.91 Å². The Hall–Kier alpha value is -2.23. The quantitative estimate of drug-likeness (QED) is 0.597. The van der Waals surface area contributed by atoms with E-state index in [9.17, 15) is 4.79 Å². The smallest absolute Gasteiger partial charge is 0.222 e. The van der Waals surface area contributed by atoms with Crippen molar-refractivity contribution in [3.8, 4) is 5.75 Å². The van der Waals surface area contributed by atoms with E-state index in [1.165, 1.54) is 17.7 Å². The molecule has 0 saturated heterocycles. The Morgan fingerprint density at radius 2 is 2.00 bits per heavy atom. The number of ether oxygens (including phenoxy) is 1. The maximum Gasteiger partial charge on any atom is 0.222 e. The Morgan fingerprint density at radius 1 is 1.16 bits per heavy atom. The number of carbonyl (C=O) groups is 1. The van der Waals surface area contributed by atoms with Gasteiger partial charge in [-0.3, -0.25) is 4.79 Å². The minimum absolute atomic E-state index is 0.227. The number of hydrogen-bond acceptors (Lipinski definition) is 2. The van der Waals surface area contributed by atoms with Gasteiger partial charge in [-0.05, 0) is 36.2 Å². The first-order valence-corrected chi connectivity index (χ1v) is 9.22. The van der Waals surface area contributed by atoms with Crippen LogP contribution < -0.4 is 4.74 Å². The van der Waals surface area contributed by atoms with Crippen LogP contribution in [0.2, 0.25) is 0 Å². The third-order valence-corrected chi connectivity index (χ3v) is 4.45. The predicted octanol–water partition coefficient (Wildman–Crippen LogP) is 4.47. The summed E-state index contributed by atoms with van der Waals surface area (Å²) in [5.41, 5.74) is 2.36. The summed E-state index contributed by atoms with van der Waals surface area (Å²) in [5.74, 6) is 1.10. The van der Waals surface area contributed by atoms with Crippen LogP contribution in [0.1, 0.15) is 50.8 Å². The van der Waals surface area contributed by atoms with Crippen molar-refractivity contribution in [3.63, 3.8) is 0 Å². The van der Waals surface area contributed by atoms with Crippen LogP contribution in [-0.2, 0) is 17.9 Å². The zero-order valence-corrected chi connectivity index (χ0v) is 15.7. The number of unbranched alkanes of at least 4 members (excludes halogenated alkanes) is 2. The Kier molecular flexibility index (Phi) is 7.58. The third kappa shape index (κ3) is 5.66. The molecule has 0 spiro atoms. The Labute approximate surface area is 151 Å². The molecule has 136 valence electrons. The minimum Gasteiger partial charge on any atom is -0.497 e. The van der Waals surface area contributed by atoms with Gasteiger partial charge in [-0.2, -0.15) is 0 Å². The molecule has 0 fully saturated rings. The first-order chi connectivity index (χ1) is 12.2. The maximum absolute atomic E-state index is 12.3. The van der Waals surface area contributed by atoms with Crippen molar-refractivity contribution < 1.29 is 9.53 Å². The molecule has 2 rings (SSSR count). The number of rotatable bonds is 10. The molecule has 0 atom stereocenters. The van der Waals surface area contributed by atoms with Gasteiger partial charge in [-0.25, -0.2) is 0 Å². The molecule has 4 nitrogen and oxygen atoms in total. The Morgan fingerprint density at radius 3 is 2.72 bits per heavy atom. The van der Waals surface area contributed by atoms with Crippen molar-refractivity contribution >= 4 is 5.91 Å². The van der Waals surface area contributed by atoms with Gasteiger partial charge in [0.2, 0.25) is 5.91 Å². The van der Waals surface area contributed by atoms with Crippen molar-refractivity contribution in [3.05, 3.63) is 53.9 Å². The molecule has 0 unspecified atom stereocenters. The molecule has 0 aliphatic carbocycles. The second-order valence-corrected chi connectivity index (χ2v) is 6.35. The largest absolute Gasteiger partial charge is 0.497 e. The van der Waals surface area contributed by atoms with Gasteiger partial charge in [0.05, 0.1) is 13.7 Å². The second kappa shape index (κ2) is 9.92. The minimum atomic E-state index is 0.227. The topological polar surface area (TPSA) is 34.5 Å². The predicted molar refractivity (Wildman–Crippen MR) is 102 cm³/mol. The highest BCUT2D eigenvalue weighted by Gasteiger charge is 2.14.